The standard InChI is InChI=1S/C13H26N2O2/c1-16-10-13(17-2)9-14-11-5-7-15-6-3-4-12(15)8-11/h11-14H,3-10H2,1-2H3. The zero-order valence-electron chi connectivity index (χ0n) is 11.2. The minimum Gasteiger partial charge on any atom is -0.382 e. The van der Waals surface area contributed by atoms with Gasteiger partial charge < -0.3 is 19.7 Å². The predicted octanol–water partition coefficient (Wildman–Crippen LogP) is 0.864. The van der Waals surface area contributed by atoms with Gasteiger partial charge in [0.25, 0.3) is 0 Å². The van der Waals surface area contributed by atoms with Crippen molar-refractivity contribution in [3.63, 3.8) is 0 Å². The summed E-state index contributed by atoms with van der Waals surface area (Å²) in [6.45, 7) is 4.17. The SMILES string of the molecule is COCC(CNC1CCN2CCCC2C1)OC. The van der Waals surface area contributed by atoms with Crippen molar-refractivity contribution in [2.75, 3.05) is 40.5 Å². The van der Waals surface area contributed by atoms with E-state index in [1.54, 1.807) is 14.2 Å². The van der Waals surface area contributed by atoms with E-state index in [0.29, 0.717) is 12.6 Å². The number of ether oxygens (including phenoxy) is 2. The smallest absolute Gasteiger partial charge is 0.0928 e. The number of fused-ring (bicyclic) bond motifs is 1. The van der Waals surface area contributed by atoms with Crippen LogP contribution < -0.4 is 5.32 Å². The summed E-state index contributed by atoms with van der Waals surface area (Å²) < 4.78 is 10.5. The number of methoxy groups -OCH3 is 2. The highest BCUT2D eigenvalue weighted by Gasteiger charge is 2.31. The van der Waals surface area contributed by atoms with E-state index < -0.39 is 0 Å². The lowest BCUT2D eigenvalue weighted by Crippen LogP contribution is -2.47. The normalized spacial score (nSPS) is 31.4. The number of nitrogens with zero attached hydrogens (tertiary/aromatic N) is 1. The van der Waals surface area contributed by atoms with Crippen molar-refractivity contribution in [1.82, 2.24) is 10.2 Å². The molecule has 3 unspecified atom stereocenters. The molecule has 17 heavy (non-hydrogen) atoms. The monoisotopic (exact) mass is 242 g/mol. The molecule has 3 atom stereocenters. The molecule has 0 aromatic heterocycles. The first kappa shape index (κ1) is 13.3. The van der Waals surface area contributed by atoms with Gasteiger partial charge in [-0.05, 0) is 38.8 Å². The van der Waals surface area contributed by atoms with Gasteiger partial charge in [-0.1, -0.05) is 0 Å². The average molecular weight is 242 g/mol. The Morgan fingerprint density at radius 3 is 2.94 bits per heavy atom. The van der Waals surface area contributed by atoms with Crippen LogP contribution in [0.4, 0.5) is 0 Å². The van der Waals surface area contributed by atoms with Crippen LogP contribution >= 0.6 is 0 Å². The Morgan fingerprint density at radius 1 is 1.29 bits per heavy atom. The van der Waals surface area contributed by atoms with Crippen molar-refractivity contribution in [3.8, 4) is 0 Å². The fourth-order valence-electron chi connectivity index (χ4n) is 3.10. The second kappa shape index (κ2) is 6.69. The van der Waals surface area contributed by atoms with E-state index in [0.717, 1.165) is 12.6 Å². The summed E-state index contributed by atoms with van der Waals surface area (Å²) in [5, 5.41) is 3.64. The van der Waals surface area contributed by atoms with Gasteiger partial charge in [0.05, 0.1) is 12.7 Å². The molecular weight excluding hydrogens is 216 g/mol. The van der Waals surface area contributed by atoms with E-state index >= 15 is 0 Å². The minimum atomic E-state index is 0.182. The summed E-state index contributed by atoms with van der Waals surface area (Å²) >= 11 is 0. The van der Waals surface area contributed by atoms with Gasteiger partial charge in [0.1, 0.15) is 0 Å². The molecule has 0 aromatic rings. The molecule has 0 aromatic carbocycles. The van der Waals surface area contributed by atoms with Gasteiger partial charge in [0.15, 0.2) is 0 Å². The Bertz CT molecular complexity index is 225. The molecule has 2 fully saturated rings. The van der Waals surface area contributed by atoms with E-state index in [-0.39, 0.29) is 6.10 Å². The molecule has 2 saturated heterocycles. The number of nitrogens with one attached hydrogen (secondary N) is 1. The van der Waals surface area contributed by atoms with Crippen LogP contribution in [0.15, 0.2) is 0 Å². The maximum Gasteiger partial charge on any atom is 0.0928 e. The second-order valence-corrected chi connectivity index (χ2v) is 5.27. The fraction of sp³-hybridized carbons (Fsp3) is 1.00. The van der Waals surface area contributed by atoms with Gasteiger partial charge in [0.2, 0.25) is 0 Å². The lowest BCUT2D eigenvalue weighted by atomic mass is 9.97. The molecule has 100 valence electrons. The van der Waals surface area contributed by atoms with Crippen LogP contribution in [0, 0.1) is 0 Å². The summed E-state index contributed by atoms with van der Waals surface area (Å²) in [5.74, 6) is 0. The maximum atomic E-state index is 5.37. The van der Waals surface area contributed by atoms with Crippen molar-refractivity contribution in [2.24, 2.45) is 0 Å². The third kappa shape index (κ3) is 3.65. The molecule has 4 nitrogen and oxygen atoms in total. The van der Waals surface area contributed by atoms with Gasteiger partial charge >= 0.3 is 0 Å². The van der Waals surface area contributed by atoms with Crippen molar-refractivity contribution in [2.45, 2.75) is 43.9 Å². The van der Waals surface area contributed by atoms with Gasteiger partial charge in [-0.3, -0.25) is 0 Å². The third-order valence-corrected chi connectivity index (χ3v) is 4.14. The van der Waals surface area contributed by atoms with Crippen LogP contribution in [0.25, 0.3) is 0 Å². The van der Waals surface area contributed by atoms with Crippen LogP contribution in [-0.2, 0) is 9.47 Å². The number of hydrogen-bond acceptors (Lipinski definition) is 4. The van der Waals surface area contributed by atoms with E-state index in [9.17, 15) is 0 Å². The van der Waals surface area contributed by atoms with Crippen LogP contribution in [0.3, 0.4) is 0 Å². The van der Waals surface area contributed by atoms with E-state index in [1.165, 1.54) is 38.8 Å². The summed E-state index contributed by atoms with van der Waals surface area (Å²) in [6, 6.07) is 1.51. The third-order valence-electron chi connectivity index (χ3n) is 4.14. The van der Waals surface area contributed by atoms with E-state index in [4.69, 9.17) is 9.47 Å². The first-order chi connectivity index (χ1) is 8.33. The van der Waals surface area contributed by atoms with Crippen molar-refractivity contribution in [1.29, 1.82) is 0 Å². The summed E-state index contributed by atoms with van der Waals surface area (Å²) in [7, 11) is 3.48. The number of hydrogen-bond donors (Lipinski definition) is 1. The molecule has 0 radical (unpaired) electrons. The number of rotatable bonds is 6. The molecule has 2 heterocycles. The first-order valence-electron chi connectivity index (χ1n) is 6.82. The zero-order chi connectivity index (χ0) is 12.1. The molecule has 1 N–H and O–H groups in total. The number of piperidine rings is 1. The van der Waals surface area contributed by atoms with Crippen LogP contribution in [0.5, 0.6) is 0 Å². The fourth-order valence-corrected chi connectivity index (χ4v) is 3.10. The Labute approximate surface area is 105 Å². The van der Waals surface area contributed by atoms with Gasteiger partial charge in [-0.25, -0.2) is 0 Å². The lowest BCUT2D eigenvalue weighted by molar-refractivity contribution is 0.0251. The molecule has 0 spiro atoms. The van der Waals surface area contributed by atoms with Gasteiger partial charge in [0, 0.05) is 32.8 Å². The average Bonchev–Trinajstić information content (AvgIpc) is 2.81. The Kier molecular flexibility index (Phi) is 5.22. The van der Waals surface area contributed by atoms with Gasteiger partial charge in [-0.2, -0.15) is 0 Å². The molecule has 2 aliphatic rings. The topological polar surface area (TPSA) is 33.7 Å². The van der Waals surface area contributed by atoms with Crippen LogP contribution in [-0.4, -0.2) is 63.5 Å². The van der Waals surface area contributed by atoms with E-state index in [2.05, 4.69) is 10.2 Å². The van der Waals surface area contributed by atoms with Crippen LogP contribution in [0.2, 0.25) is 0 Å². The summed E-state index contributed by atoms with van der Waals surface area (Å²) in [5.41, 5.74) is 0. The van der Waals surface area contributed by atoms with Gasteiger partial charge in [-0.15, -0.1) is 0 Å². The highest BCUT2D eigenvalue weighted by molar-refractivity contribution is 4.89. The molecule has 0 bridgehead atoms. The minimum absolute atomic E-state index is 0.182. The maximum absolute atomic E-state index is 5.37. The van der Waals surface area contributed by atoms with Crippen molar-refractivity contribution < 1.29 is 9.47 Å². The largest absolute Gasteiger partial charge is 0.382 e. The summed E-state index contributed by atoms with van der Waals surface area (Å²) in [6.07, 6.45) is 5.55. The highest BCUT2D eigenvalue weighted by Crippen LogP contribution is 2.26. The Morgan fingerprint density at radius 2 is 2.18 bits per heavy atom. The first-order valence-corrected chi connectivity index (χ1v) is 6.82. The molecule has 2 aliphatic heterocycles. The highest BCUT2D eigenvalue weighted by atomic mass is 16.5. The molecule has 0 aliphatic carbocycles. The molecule has 4 heteroatoms. The molecule has 0 saturated carbocycles. The zero-order valence-corrected chi connectivity index (χ0v) is 11.2. The molecule has 2 rings (SSSR count). The molecule has 0 amide bonds. The quantitative estimate of drug-likeness (QED) is 0.749. The predicted molar refractivity (Wildman–Crippen MR) is 68.3 cm³/mol. The van der Waals surface area contributed by atoms with Crippen LogP contribution in [0.1, 0.15) is 25.7 Å². The summed E-state index contributed by atoms with van der Waals surface area (Å²) in [4.78, 5) is 2.65. The second-order valence-electron chi connectivity index (χ2n) is 5.27. The van der Waals surface area contributed by atoms with Crippen molar-refractivity contribution >= 4 is 0 Å². The Balaban J connectivity index is 1.69. The van der Waals surface area contributed by atoms with E-state index in [1.807, 2.05) is 0 Å². The lowest BCUT2D eigenvalue weighted by Gasteiger charge is -2.35. The van der Waals surface area contributed by atoms with Crippen molar-refractivity contribution in [3.05, 3.63) is 0 Å². The Hall–Kier alpha value is -0.160. The molecular formula is C13H26N2O2.